The van der Waals surface area contributed by atoms with E-state index in [9.17, 15) is 22.8 Å². The van der Waals surface area contributed by atoms with Crippen LogP contribution in [-0.4, -0.2) is 57.3 Å². The smallest absolute Gasteiger partial charge is 0.339 e. The average molecular weight is 550 g/mol. The van der Waals surface area contributed by atoms with Gasteiger partial charge >= 0.3 is 12.2 Å². The van der Waals surface area contributed by atoms with Gasteiger partial charge in [0.1, 0.15) is 5.82 Å². The van der Waals surface area contributed by atoms with Gasteiger partial charge in [0.15, 0.2) is 0 Å². The first kappa shape index (κ1) is 28.1. The molecule has 0 saturated heterocycles. The Balaban J connectivity index is 1.63. The molecule has 2 aromatic carbocycles. The van der Waals surface area contributed by atoms with E-state index in [1.54, 1.807) is 29.0 Å². The van der Waals surface area contributed by atoms with Crippen LogP contribution in [0.3, 0.4) is 0 Å². The summed E-state index contributed by atoms with van der Waals surface area (Å²) in [4.78, 5) is 30.9. The van der Waals surface area contributed by atoms with Gasteiger partial charge in [-0.25, -0.2) is 9.78 Å². The maximum atomic E-state index is 13.8. The number of aromatic nitrogens is 4. The first-order chi connectivity index (χ1) is 18.9. The molecule has 2 N–H and O–H groups in total. The van der Waals surface area contributed by atoms with E-state index < -0.39 is 23.7 Å². The molecule has 0 radical (unpaired) electrons. The number of benzene rings is 2. The third-order valence-electron chi connectivity index (χ3n) is 5.80. The molecule has 2 heterocycles. The maximum Gasteiger partial charge on any atom is 0.416 e. The van der Waals surface area contributed by atoms with Crippen molar-refractivity contribution in [3.05, 3.63) is 94.8 Å². The highest BCUT2D eigenvalue weighted by atomic mass is 19.4. The van der Waals surface area contributed by atoms with Crippen molar-refractivity contribution >= 4 is 17.6 Å². The number of nitrogens with zero attached hydrogens (tertiary/aromatic N) is 5. The quantitative estimate of drug-likeness (QED) is 0.362. The Hall–Kier alpha value is -4.89. The molecule has 2 amide bonds. The number of halogens is 3. The van der Waals surface area contributed by atoms with Crippen molar-refractivity contribution in [2.45, 2.75) is 19.6 Å². The third kappa shape index (κ3) is 6.57. The lowest BCUT2D eigenvalue weighted by molar-refractivity contribution is -0.137. The molecule has 2 aromatic heterocycles. The third-order valence-corrected chi connectivity index (χ3v) is 5.80. The van der Waals surface area contributed by atoms with Crippen LogP contribution in [0.5, 0.6) is 0 Å². The van der Waals surface area contributed by atoms with E-state index in [-0.39, 0.29) is 16.9 Å². The fourth-order valence-corrected chi connectivity index (χ4v) is 3.81. The Labute approximate surface area is 228 Å². The first-order valence-electron chi connectivity index (χ1n) is 12.0. The molecule has 206 valence electrons. The number of alkyl halides is 3. The molecule has 12 heteroatoms. The fraction of sp³-hybridized carbons (Fsp3) is 0.214. The number of carbonyl (C=O) groups is 2. The molecule has 40 heavy (non-hydrogen) atoms. The second kappa shape index (κ2) is 11.5. The lowest BCUT2D eigenvalue weighted by Gasteiger charge is -2.16. The lowest BCUT2D eigenvalue weighted by atomic mass is 10.0. The molecule has 4 aromatic rings. The van der Waals surface area contributed by atoms with E-state index >= 15 is 0 Å². The minimum atomic E-state index is -4.63. The van der Waals surface area contributed by atoms with Gasteiger partial charge in [-0.2, -0.15) is 23.0 Å². The number of nitrogens with one attached hydrogen (secondary N) is 2. The van der Waals surface area contributed by atoms with Crippen molar-refractivity contribution in [3.8, 4) is 17.5 Å². The van der Waals surface area contributed by atoms with Crippen molar-refractivity contribution in [3.63, 3.8) is 0 Å². The van der Waals surface area contributed by atoms with Crippen LogP contribution < -0.4 is 10.6 Å². The number of aryl methyl sites for hydroxylation is 1. The number of rotatable bonds is 5. The van der Waals surface area contributed by atoms with Crippen LogP contribution in [0.25, 0.3) is 5.69 Å². The van der Waals surface area contributed by atoms with Crippen LogP contribution >= 0.6 is 0 Å². The summed E-state index contributed by atoms with van der Waals surface area (Å²) >= 11 is 0. The van der Waals surface area contributed by atoms with Crippen molar-refractivity contribution in [2.24, 2.45) is 0 Å². The van der Waals surface area contributed by atoms with Crippen molar-refractivity contribution in [1.82, 2.24) is 29.5 Å². The minimum Gasteiger partial charge on any atom is -0.339 e. The lowest BCUT2D eigenvalue weighted by Crippen LogP contribution is -2.24. The van der Waals surface area contributed by atoms with Gasteiger partial charge in [-0.15, -0.1) is 0 Å². The summed E-state index contributed by atoms with van der Waals surface area (Å²) in [7, 11) is 5.14. The minimum absolute atomic E-state index is 0.0193. The van der Waals surface area contributed by atoms with Crippen molar-refractivity contribution in [2.75, 3.05) is 26.5 Å². The van der Waals surface area contributed by atoms with Crippen LogP contribution in [0.15, 0.2) is 61.2 Å². The summed E-state index contributed by atoms with van der Waals surface area (Å²) in [5.74, 6) is 5.81. The Kier molecular flexibility index (Phi) is 8.06. The Morgan fingerprint density at radius 1 is 1.10 bits per heavy atom. The van der Waals surface area contributed by atoms with Crippen molar-refractivity contribution in [1.29, 1.82) is 0 Å². The molecular formula is C28H26F3N7O2. The molecule has 4 rings (SSSR count). The van der Waals surface area contributed by atoms with E-state index in [1.807, 2.05) is 25.9 Å². The van der Waals surface area contributed by atoms with Gasteiger partial charge in [-0.05, 0) is 56.9 Å². The second-order valence-corrected chi connectivity index (χ2v) is 9.18. The SMILES string of the molecule is CNC(=O)n1cc(C#Cc2cc(C(=O)Nc3cc(-n4ccnc4CN(C)C)cc(C(F)(F)F)c3)ccc2C)cn1. The van der Waals surface area contributed by atoms with E-state index in [0.29, 0.717) is 23.5 Å². The normalized spacial score (nSPS) is 11.2. The Morgan fingerprint density at radius 3 is 2.58 bits per heavy atom. The largest absolute Gasteiger partial charge is 0.416 e. The van der Waals surface area contributed by atoms with Crippen LogP contribution in [-0.2, 0) is 12.7 Å². The zero-order valence-electron chi connectivity index (χ0n) is 22.2. The van der Waals surface area contributed by atoms with Crippen LogP contribution in [0.2, 0.25) is 0 Å². The molecule has 0 aliphatic carbocycles. The summed E-state index contributed by atoms with van der Waals surface area (Å²) in [6.45, 7) is 2.22. The van der Waals surface area contributed by atoms with Gasteiger partial charge in [0.2, 0.25) is 0 Å². The van der Waals surface area contributed by atoms with Crippen LogP contribution in [0.4, 0.5) is 23.7 Å². The van der Waals surface area contributed by atoms with E-state index in [1.165, 1.54) is 31.7 Å². The predicted molar refractivity (Wildman–Crippen MR) is 143 cm³/mol. The highest BCUT2D eigenvalue weighted by Crippen LogP contribution is 2.33. The van der Waals surface area contributed by atoms with Gasteiger partial charge in [-0.1, -0.05) is 17.9 Å². The number of imidazole rings is 1. The van der Waals surface area contributed by atoms with Gasteiger partial charge in [-0.3, -0.25) is 4.79 Å². The molecular weight excluding hydrogens is 523 g/mol. The molecule has 0 aliphatic heterocycles. The predicted octanol–water partition coefficient (Wildman–Crippen LogP) is 4.30. The fourth-order valence-electron chi connectivity index (χ4n) is 3.81. The molecule has 9 nitrogen and oxygen atoms in total. The number of hydrogen-bond donors (Lipinski definition) is 2. The number of amides is 2. The molecule has 0 atom stereocenters. The highest BCUT2D eigenvalue weighted by molar-refractivity contribution is 6.04. The number of hydrogen-bond acceptors (Lipinski definition) is 5. The molecule has 0 unspecified atom stereocenters. The molecule has 0 saturated carbocycles. The van der Waals surface area contributed by atoms with Gasteiger partial charge < -0.3 is 20.1 Å². The molecule has 0 bridgehead atoms. The van der Waals surface area contributed by atoms with Crippen LogP contribution in [0, 0.1) is 18.8 Å². The Morgan fingerprint density at radius 2 is 1.88 bits per heavy atom. The van der Waals surface area contributed by atoms with E-state index in [2.05, 4.69) is 32.6 Å². The zero-order chi connectivity index (χ0) is 29.0. The van der Waals surface area contributed by atoms with E-state index in [4.69, 9.17) is 0 Å². The average Bonchev–Trinajstić information content (AvgIpc) is 3.56. The standard InChI is InChI=1S/C28H26F3N7O2/c1-18-5-7-21(11-20(18)8-6-19-15-34-38(16-19)27(40)32-2)26(39)35-23-12-22(28(29,30)31)13-24(14-23)37-10-9-33-25(37)17-36(3)4/h5,7,9-16H,17H2,1-4H3,(H,32,40)(H,35,39). The summed E-state index contributed by atoms with van der Waals surface area (Å²) in [5.41, 5.74) is 1.32. The molecule has 0 spiro atoms. The van der Waals surface area contributed by atoms with Gasteiger partial charge in [0.05, 0.1) is 30.1 Å². The zero-order valence-corrected chi connectivity index (χ0v) is 22.2. The topological polar surface area (TPSA) is 97.1 Å². The Bertz CT molecular complexity index is 1620. The van der Waals surface area contributed by atoms with Gasteiger partial charge in [0, 0.05) is 41.9 Å². The summed E-state index contributed by atoms with van der Waals surface area (Å²) in [6.07, 6.45) is 1.35. The summed E-state index contributed by atoms with van der Waals surface area (Å²) in [6, 6.07) is 7.78. The van der Waals surface area contributed by atoms with E-state index in [0.717, 1.165) is 22.4 Å². The van der Waals surface area contributed by atoms with Crippen LogP contribution in [0.1, 0.15) is 38.4 Å². The summed E-state index contributed by atoms with van der Waals surface area (Å²) < 4.78 is 43.9. The van der Waals surface area contributed by atoms with Gasteiger partial charge in [0.25, 0.3) is 5.91 Å². The monoisotopic (exact) mass is 549 g/mol. The van der Waals surface area contributed by atoms with Crippen molar-refractivity contribution < 1.29 is 22.8 Å². The maximum absolute atomic E-state index is 13.8. The highest BCUT2D eigenvalue weighted by Gasteiger charge is 2.32. The second-order valence-electron chi connectivity index (χ2n) is 9.18. The molecule has 0 aliphatic rings. The molecule has 0 fully saturated rings. The number of carbonyl (C=O) groups excluding carboxylic acids is 2. The summed E-state index contributed by atoms with van der Waals surface area (Å²) in [5, 5.41) is 8.97. The number of anilines is 1. The first-order valence-corrected chi connectivity index (χ1v) is 12.0.